The van der Waals surface area contributed by atoms with Gasteiger partial charge in [0.05, 0.1) is 5.56 Å². The third kappa shape index (κ3) is 2.22. The van der Waals surface area contributed by atoms with Gasteiger partial charge in [0.15, 0.2) is 0 Å². The van der Waals surface area contributed by atoms with Crippen molar-refractivity contribution in [2.45, 2.75) is 0 Å². The van der Waals surface area contributed by atoms with Crippen molar-refractivity contribution in [2.24, 2.45) is 0 Å². The van der Waals surface area contributed by atoms with E-state index in [9.17, 15) is 9.59 Å². The number of carbonyl (C=O) groups excluding carboxylic acids is 1. The third-order valence-electron chi connectivity index (χ3n) is 2.48. The average molecular weight is 245 g/mol. The summed E-state index contributed by atoms with van der Waals surface area (Å²) in [7, 11) is 1.62. The number of aromatic carboxylic acids is 1. The van der Waals surface area contributed by atoms with Crippen LogP contribution in [0.1, 0.15) is 20.8 Å². The fourth-order valence-corrected chi connectivity index (χ4v) is 1.48. The number of pyridine rings is 1. The number of nitrogens with zero attached hydrogens (tertiary/aromatic N) is 2. The molecule has 0 aliphatic rings. The van der Waals surface area contributed by atoms with Gasteiger partial charge in [0.2, 0.25) is 0 Å². The molecule has 0 saturated heterocycles. The van der Waals surface area contributed by atoms with Crippen molar-refractivity contribution in [3.8, 4) is 0 Å². The first-order chi connectivity index (χ1) is 8.59. The Morgan fingerprint density at radius 1 is 1.33 bits per heavy atom. The second-order valence-electron chi connectivity index (χ2n) is 3.66. The summed E-state index contributed by atoms with van der Waals surface area (Å²) in [6.07, 6.45) is 2.97. The summed E-state index contributed by atoms with van der Waals surface area (Å²) in [6, 6.07) is 6.29. The highest BCUT2D eigenvalue weighted by Crippen LogP contribution is 2.12. The summed E-state index contributed by atoms with van der Waals surface area (Å²) in [5.74, 6) is -0.726. The van der Waals surface area contributed by atoms with Gasteiger partial charge in [-0.2, -0.15) is 0 Å². The Morgan fingerprint density at radius 3 is 2.61 bits per heavy atom. The van der Waals surface area contributed by atoms with E-state index in [1.807, 2.05) is 0 Å². The van der Waals surface area contributed by atoms with Crippen LogP contribution >= 0.6 is 0 Å². The zero-order valence-electron chi connectivity index (χ0n) is 9.62. The summed E-state index contributed by atoms with van der Waals surface area (Å²) < 4.78 is 0. The quantitative estimate of drug-likeness (QED) is 0.855. The first-order valence-corrected chi connectivity index (χ1v) is 5.20. The molecule has 0 fully saturated rings. The van der Waals surface area contributed by atoms with E-state index in [-0.39, 0.29) is 11.6 Å². The number of hydrogen-bond acceptors (Lipinski definition) is 3. The van der Waals surface area contributed by atoms with E-state index in [1.165, 1.54) is 23.2 Å². The molecule has 0 spiro atoms. The van der Waals surface area contributed by atoms with Crippen LogP contribution in [0.2, 0.25) is 0 Å². The Hall–Kier alpha value is -2.63. The molecule has 0 aromatic carbocycles. The summed E-state index contributed by atoms with van der Waals surface area (Å²) in [6.45, 7) is 0. The molecule has 0 aliphatic heterocycles. The van der Waals surface area contributed by atoms with Crippen LogP contribution in [-0.4, -0.2) is 34.0 Å². The number of carbonyl (C=O) groups is 2. The highest BCUT2D eigenvalue weighted by atomic mass is 16.4. The van der Waals surface area contributed by atoms with Crippen LogP contribution in [0.3, 0.4) is 0 Å². The Morgan fingerprint density at radius 2 is 2.11 bits per heavy atom. The van der Waals surface area contributed by atoms with E-state index < -0.39 is 5.97 Å². The zero-order chi connectivity index (χ0) is 13.1. The number of aromatic amines is 1. The number of carboxylic acid groups (broad SMARTS) is 1. The van der Waals surface area contributed by atoms with E-state index in [0.717, 1.165) is 0 Å². The number of aromatic nitrogens is 2. The second-order valence-corrected chi connectivity index (χ2v) is 3.66. The number of anilines is 1. The lowest BCUT2D eigenvalue weighted by atomic mass is 10.2. The van der Waals surface area contributed by atoms with Gasteiger partial charge >= 0.3 is 5.97 Å². The van der Waals surface area contributed by atoms with Gasteiger partial charge in [0, 0.05) is 19.4 Å². The van der Waals surface area contributed by atoms with Gasteiger partial charge in [-0.05, 0) is 24.3 Å². The molecule has 6 nitrogen and oxygen atoms in total. The van der Waals surface area contributed by atoms with Crippen LogP contribution in [0.4, 0.5) is 5.82 Å². The lowest BCUT2D eigenvalue weighted by molar-refractivity contribution is 0.0690. The topological polar surface area (TPSA) is 86.3 Å². The molecular formula is C12H11N3O3. The van der Waals surface area contributed by atoms with Crippen LogP contribution in [0.15, 0.2) is 36.7 Å². The SMILES string of the molecule is CN(C(=O)c1ccc(C(=O)O)nc1)c1ccc[nH]1. The highest BCUT2D eigenvalue weighted by molar-refractivity contribution is 6.05. The molecular weight excluding hydrogens is 234 g/mol. The average Bonchev–Trinajstić information content (AvgIpc) is 2.91. The van der Waals surface area contributed by atoms with Crippen LogP contribution in [0.25, 0.3) is 0 Å². The molecule has 6 heteroatoms. The molecule has 2 aromatic rings. The van der Waals surface area contributed by atoms with Gasteiger partial charge in [-0.15, -0.1) is 0 Å². The maximum absolute atomic E-state index is 12.0. The van der Waals surface area contributed by atoms with Gasteiger partial charge < -0.3 is 10.1 Å². The van der Waals surface area contributed by atoms with Crippen LogP contribution < -0.4 is 4.90 Å². The van der Waals surface area contributed by atoms with E-state index in [2.05, 4.69) is 9.97 Å². The van der Waals surface area contributed by atoms with Gasteiger partial charge in [-0.1, -0.05) is 0 Å². The standard InChI is InChI=1S/C12H11N3O3/c1-15(10-3-2-6-13-10)11(16)8-4-5-9(12(17)18)14-7-8/h2-7,13H,1H3,(H,17,18). The predicted molar refractivity (Wildman–Crippen MR) is 64.7 cm³/mol. The van der Waals surface area contributed by atoms with Crippen LogP contribution in [0, 0.1) is 0 Å². The monoisotopic (exact) mass is 245 g/mol. The Kier molecular flexibility index (Phi) is 3.09. The molecule has 0 bridgehead atoms. The minimum Gasteiger partial charge on any atom is -0.477 e. The van der Waals surface area contributed by atoms with Crippen molar-refractivity contribution in [1.82, 2.24) is 9.97 Å². The Bertz CT molecular complexity index is 561. The van der Waals surface area contributed by atoms with Gasteiger partial charge in [-0.25, -0.2) is 9.78 Å². The van der Waals surface area contributed by atoms with Gasteiger partial charge in [0.1, 0.15) is 11.5 Å². The summed E-state index contributed by atoms with van der Waals surface area (Å²) in [5.41, 5.74) is 0.242. The fraction of sp³-hybridized carbons (Fsp3) is 0.0833. The Balaban J connectivity index is 2.21. The minimum atomic E-state index is -1.12. The molecule has 0 radical (unpaired) electrons. The summed E-state index contributed by atoms with van der Waals surface area (Å²) >= 11 is 0. The molecule has 0 atom stereocenters. The molecule has 2 heterocycles. The first kappa shape index (κ1) is 11.8. The molecule has 2 N–H and O–H groups in total. The van der Waals surface area contributed by atoms with Crippen molar-refractivity contribution in [3.05, 3.63) is 47.9 Å². The molecule has 2 rings (SSSR count). The molecule has 0 saturated carbocycles. The van der Waals surface area contributed by atoms with E-state index in [4.69, 9.17) is 5.11 Å². The van der Waals surface area contributed by atoms with Gasteiger partial charge in [0.25, 0.3) is 5.91 Å². The first-order valence-electron chi connectivity index (χ1n) is 5.20. The van der Waals surface area contributed by atoms with Crippen molar-refractivity contribution in [3.63, 3.8) is 0 Å². The normalized spacial score (nSPS) is 10.1. The molecule has 1 amide bonds. The number of H-pyrrole nitrogens is 1. The van der Waals surface area contributed by atoms with E-state index >= 15 is 0 Å². The lowest BCUT2D eigenvalue weighted by Crippen LogP contribution is -2.26. The third-order valence-corrected chi connectivity index (χ3v) is 2.48. The minimum absolute atomic E-state index is 0.0888. The maximum Gasteiger partial charge on any atom is 0.354 e. The summed E-state index contributed by atoms with van der Waals surface area (Å²) in [4.78, 5) is 30.7. The van der Waals surface area contributed by atoms with E-state index in [1.54, 1.807) is 25.4 Å². The zero-order valence-corrected chi connectivity index (χ0v) is 9.62. The summed E-state index contributed by atoms with van der Waals surface area (Å²) in [5, 5.41) is 8.71. The molecule has 2 aromatic heterocycles. The largest absolute Gasteiger partial charge is 0.477 e. The fourth-order valence-electron chi connectivity index (χ4n) is 1.48. The maximum atomic E-state index is 12.0. The lowest BCUT2D eigenvalue weighted by Gasteiger charge is -2.14. The molecule has 18 heavy (non-hydrogen) atoms. The highest BCUT2D eigenvalue weighted by Gasteiger charge is 2.15. The van der Waals surface area contributed by atoms with Crippen molar-refractivity contribution < 1.29 is 14.7 Å². The molecule has 0 unspecified atom stereocenters. The Labute approximate surface area is 103 Å². The van der Waals surface area contributed by atoms with Crippen molar-refractivity contribution in [2.75, 3.05) is 11.9 Å². The number of nitrogens with one attached hydrogen (secondary N) is 1. The number of hydrogen-bond donors (Lipinski definition) is 2. The van der Waals surface area contributed by atoms with Crippen LogP contribution in [0.5, 0.6) is 0 Å². The van der Waals surface area contributed by atoms with Crippen molar-refractivity contribution >= 4 is 17.7 Å². The molecule has 92 valence electrons. The molecule has 0 aliphatic carbocycles. The second kappa shape index (κ2) is 4.70. The van der Waals surface area contributed by atoms with Crippen molar-refractivity contribution in [1.29, 1.82) is 0 Å². The van der Waals surface area contributed by atoms with Gasteiger partial charge in [-0.3, -0.25) is 9.69 Å². The number of rotatable bonds is 3. The number of carboxylic acids is 1. The number of amides is 1. The van der Waals surface area contributed by atoms with E-state index in [0.29, 0.717) is 11.4 Å². The smallest absolute Gasteiger partial charge is 0.354 e. The predicted octanol–water partition coefficient (Wildman–Crippen LogP) is 1.38. The van der Waals surface area contributed by atoms with Crippen LogP contribution in [-0.2, 0) is 0 Å².